The van der Waals surface area contributed by atoms with Gasteiger partial charge in [-0.25, -0.2) is 0 Å². The predicted molar refractivity (Wildman–Crippen MR) is 65.8 cm³/mol. The van der Waals surface area contributed by atoms with Crippen molar-refractivity contribution in [1.82, 2.24) is 5.32 Å². The van der Waals surface area contributed by atoms with Crippen molar-refractivity contribution < 1.29 is 4.74 Å². The first-order valence-electron chi connectivity index (χ1n) is 5.75. The summed E-state index contributed by atoms with van der Waals surface area (Å²) in [6, 6.07) is 4.26. The van der Waals surface area contributed by atoms with Crippen LogP contribution in [0.3, 0.4) is 0 Å². The summed E-state index contributed by atoms with van der Waals surface area (Å²) in [7, 11) is 1.71. The Morgan fingerprint density at radius 1 is 1.31 bits per heavy atom. The van der Waals surface area contributed by atoms with Crippen molar-refractivity contribution in [3.8, 4) is 5.75 Å². The summed E-state index contributed by atoms with van der Waals surface area (Å²) in [6.45, 7) is 6.28. The largest absolute Gasteiger partial charge is 0.496 e. The fourth-order valence-corrected chi connectivity index (χ4v) is 2.22. The van der Waals surface area contributed by atoms with E-state index in [0.717, 1.165) is 18.8 Å². The fraction of sp³-hybridized carbons (Fsp3) is 0.538. The highest BCUT2D eigenvalue weighted by Crippen LogP contribution is 2.30. The summed E-state index contributed by atoms with van der Waals surface area (Å²) in [6.07, 6.45) is 0. The molecular formula is C13H20N2O. The van der Waals surface area contributed by atoms with Gasteiger partial charge >= 0.3 is 0 Å². The Morgan fingerprint density at radius 3 is 2.50 bits per heavy atom. The Kier molecular flexibility index (Phi) is 3.17. The summed E-state index contributed by atoms with van der Waals surface area (Å²) < 4.78 is 5.31. The highest BCUT2D eigenvalue weighted by molar-refractivity contribution is 5.45. The van der Waals surface area contributed by atoms with Crippen molar-refractivity contribution in [2.24, 2.45) is 11.7 Å². The number of hydrogen-bond acceptors (Lipinski definition) is 3. The van der Waals surface area contributed by atoms with Crippen molar-refractivity contribution in [2.75, 3.05) is 20.2 Å². The van der Waals surface area contributed by atoms with Crippen molar-refractivity contribution in [3.63, 3.8) is 0 Å². The molecule has 1 atom stereocenters. The monoisotopic (exact) mass is 220 g/mol. The van der Waals surface area contributed by atoms with E-state index < -0.39 is 0 Å². The molecule has 0 aromatic heterocycles. The molecule has 1 saturated heterocycles. The van der Waals surface area contributed by atoms with Crippen LogP contribution in [-0.4, -0.2) is 20.2 Å². The van der Waals surface area contributed by atoms with Crippen molar-refractivity contribution >= 4 is 0 Å². The molecule has 0 aliphatic carbocycles. The molecule has 1 heterocycles. The van der Waals surface area contributed by atoms with Crippen LogP contribution in [0.5, 0.6) is 5.75 Å². The molecule has 1 aromatic carbocycles. The number of nitrogens with one attached hydrogen (secondary N) is 1. The lowest BCUT2D eigenvalue weighted by Gasteiger charge is -2.33. The highest BCUT2D eigenvalue weighted by Gasteiger charge is 2.26. The van der Waals surface area contributed by atoms with E-state index in [1.807, 2.05) is 6.07 Å². The maximum absolute atomic E-state index is 6.28. The first-order chi connectivity index (χ1) is 7.65. The Morgan fingerprint density at radius 2 is 2.00 bits per heavy atom. The highest BCUT2D eigenvalue weighted by atomic mass is 16.5. The van der Waals surface area contributed by atoms with Crippen LogP contribution in [0.25, 0.3) is 0 Å². The average molecular weight is 220 g/mol. The third kappa shape index (κ3) is 1.81. The molecule has 1 unspecified atom stereocenters. The van der Waals surface area contributed by atoms with Gasteiger partial charge in [0.15, 0.2) is 0 Å². The summed E-state index contributed by atoms with van der Waals surface area (Å²) in [5, 5.41) is 3.26. The van der Waals surface area contributed by atoms with E-state index in [2.05, 4.69) is 25.2 Å². The predicted octanol–water partition coefficient (Wildman–Crippen LogP) is 1.53. The van der Waals surface area contributed by atoms with Gasteiger partial charge in [0.05, 0.1) is 7.11 Å². The van der Waals surface area contributed by atoms with E-state index in [0.29, 0.717) is 5.92 Å². The van der Waals surface area contributed by atoms with E-state index in [4.69, 9.17) is 10.5 Å². The maximum atomic E-state index is 6.28. The molecule has 1 aromatic rings. The number of ether oxygens (including phenoxy) is 1. The second kappa shape index (κ2) is 4.44. The van der Waals surface area contributed by atoms with E-state index in [9.17, 15) is 0 Å². The summed E-state index contributed by atoms with van der Waals surface area (Å²) in [5.74, 6) is 1.52. The van der Waals surface area contributed by atoms with Gasteiger partial charge in [-0.1, -0.05) is 6.07 Å². The zero-order valence-electron chi connectivity index (χ0n) is 10.2. The zero-order chi connectivity index (χ0) is 11.7. The van der Waals surface area contributed by atoms with Crippen LogP contribution in [0, 0.1) is 19.8 Å². The van der Waals surface area contributed by atoms with Gasteiger partial charge in [-0.15, -0.1) is 0 Å². The fourth-order valence-electron chi connectivity index (χ4n) is 2.22. The van der Waals surface area contributed by atoms with Gasteiger partial charge in [0, 0.05) is 25.0 Å². The molecule has 3 N–H and O–H groups in total. The molecule has 2 rings (SSSR count). The Hall–Kier alpha value is -1.06. The van der Waals surface area contributed by atoms with Crippen molar-refractivity contribution in [1.29, 1.82) is 0 Å². The maximum Gasteiger partial charge on any atom is 0.122 e. The van der Waals surface area contributed by atoms with Crippen molar-refractivity contribution in [3.05, 3.63) is 28.8 Å². The minimum Gasteiger partial charge on any atom is -0.496 e. The molecule has 16 heavy (non-hydrogen) atoms. The normalized spacial score (nSPS) is 18.0. The second-order valence-electron chi connectivity index (χ2n) is 4.55. The van der Waals surface area contributed by atoms with Crippen LogP contribution in [0.2, 0.25) is 0 Å². The third-order valence-electron chi connectivity index (χ3n) is 3.68. The molecule has 3 heteroatoms. The van der Waals surface area contributed by atoms with E-state index >= 15 is 0 Å². The first kappa shape index (κ1) is 11.4. The average Bonchev–Trinajstić information content (AvgIpc) is 2.19. The zero-order valence-corrected chi connectivity index (χ0v) is 10.2. The van der Waals surface area contributed by atoms with E-state index in [1.54, 1.807) is 7.11 Å². The lowest BCUT2D eigenvalue weighted by atomic mass is 9.86. The SMILES string of the molecule is COc1ccc(C(N)C2CNC2)c(C)c1C. The van der Waals surface area contributed by atoms with Crippen molar-refractivity contribution in [2.45, 2.75) is 19.9 Å². The van der Waals surface area contributed by atoms with Gasteiger partial charge in [-0.3, -0.25) is 0 Å². The van der Waals surface area contributed by atoms with Crippen LogP contribution in [0.15, 0.2) is 12.1 Å². The molecule has 0 bridgehead atoms. The van der Waals surface area contributed by atoms with Crippen LogP contribution in [-0.2, 0) is 0 Å². The lowest BCUT2D eigenvalue weighted by molar-refractivity contribution is 0.294. The number of nitrogens with two attached hydrogens (primary N) is 1. The molecule has 88 valence electrons. The van der Waals surface area contributed by atoms with Gasteiger partial charge in [-0.2, -0.15) is 0 Å². The van der Waals surface area contributed by atoms with Gasteiger partial charge in [0.1, 0.15) is 5.75 Å². The molecule has 1 aliphatic heterocycles. The van der Waals surface area contributed by atoms with Gasteiger partial charge in [0.25, 0.3) is 0 Å². The standard InChI is InChI=1S/C13H20N2O/c1-8-9(2)12(16-3)5-4-11(8)13(14)10-6-15-7-10/h4-5,10,13,15H,6-7,14H2,1-3H3. The molecule has 0 amide bonds. The summed E-state index contributed by atoms with van der Waals surface area (Å²) >= 11 is 0. The van der Waals surface area contributed by atoms with Crippen LogP contribution in [0.4, 0.5) is 0 Å². The quantitative estimate of drug-likeness (QED) is 0.812. The van der Waals surface area contributed by atoms with Crippen LogP contribution < -0.4 is 15.8 Å². The first-order valence-corrected chi connectivity index (χ1v) is 5.75. The lowest BCUT2D eigenvalue weighted by Crippen LogP contribution is -2.47. The van der Waals surface area contributed by atoms with E-state index in [-0.39, 0.29) is 6.04 Å². The minimum atomic E-state index is 0.144. The van der Waals surface area contributed by atoms with Crippen LogP contribution in [0.1, 0.15) is 22.7 Å². The van der Waals surface area contributed by atoms with Gasteiger partial charge in [-0.05, 0) is 36.6 Å². The van der Waals surface area contributed by atoms with Gasteiger partial charge in [0.2, 0.25) is 0 Å². The number of methoxy groups -OCH3 is 1. The topological polar surface area (TPSA) is 47.3 Å². The van der Waals surface area contributed by atoms with Crippen LogP contribution >= 0.6 is 0 Å². The Balaban J connectivity index is 2.30. The Labute approximate surface area is 97.0 Å². The molecule has 3 nitrogen and oxygen atoms in total. The molecule has 1 fully saturated rings. The second-order valence-corrected chi connectivity index (χ2v) is 4.55. The van der Waals surface area contributed by atoms with Gasteiger partial charge < -0.3 is 15.8 Å². The molecule has 1 aliphatic rings. The summed E-state index contributed by atoms with van der Waals surface area (Å²) in [5.41, 5.74) is 9.99. The molecule has 0 saturated carbocycles. The van der Waals surface area contributed by atoms with E-state index in [1.165, 1.54) is 16.7 Å². The number of benzene rings is 1. The summed E-state index contributed by atoms with van der Waals surface area (Å²) in [4.78, 5) is 0. The molecule has 0 radical (unpaired) electrons. The smallest absolute Gasteiger partial charge is 0.122 e. The molecule has 0 spiro atoms. The number of hydrogen-bond donors (Lipinski definition) is 2. The third-order valence-corrected chi connectivity index (χ3v) is 3.68. The Bertz CT molecular complexity index is 386. The minimum absolute atomic E-state index is 0.144. The molecular weight excluding hydrogens is 200 g/mol. The number of rotatable bonds is 3.